The maximum Gasteiger partial charge on any atom is 0.305 e. The number of hydrogen-bond acceptors (Lipinski definition) is 9. The van der Waals surface area contributed by atoms with E-state index in [2.05, 4.69) is 9.88 Å². The summed E-state index contributed by atoms with van der Waals surface area (Å²) in [6.07, 6.45) is 2.40. The Bertz CT molecular complexity index is 1230. The number of hydrogen-bond donors (Lipinski definition) is 0. The Kier molecular flexibility index (Phi) is 6.77. The van der Waals surface area contributed by atoms with Crippen molar-refractivity contribution in [1.29, 1.82) is 0 Å². The first-order valence-electron chi connectivity index (χ1n) is 11.4. The first kappa shape index (κ1) is 23.1. The van der Waals surface area contributed by atoms with Crippen LogP contribution in [0.15, 0.2) is 36.5 Å². The number of nitro benzene ring substituents is 1. The monoisotopic (exact) mass is 485 g/mol. The summed E-state index contributed by atoms with van der Waals surface area (Å²) in [6.45, 7) is 5.48. The summed E-state index contributed by atoms with van der Waals surface area (Å²) in [5.41, 5.74) is -0.0706. The van der Waals surface area contributed by atoms with Crippen molar-refractivity contribution in [2.24, 2.45) is 0 Å². The maximum atomic E-state index is 14.1. The van der Waals surface area contributed by atoms with Gasteiger partial charge in [0.05, 0.1) is 35.6 Å². The summed E-state index contributed by atoms with van der Waals surface area (Å²) >= 11 is 0. The van der Waals surface area contributed by atoms with E-state index >= 15 is 0 Å². The van der Waals surface area contributed by atoms with E-state index in [0.29, 0.717) is 53.7 Å². The third kappa shape index (κ3) is 5.05. The fourth-order valence-corrected chi connectivity index (χ4v) is 4.09. The summed E-state index contributed by atoms with van der Waals surface area (Å²) in [4.78, 5) is 16.9. The van der Waals surface area contributed by atoms with Gasteiger partial charge in [-0.1, -0.05) is 0 Å². The van der Waals surface area contributed by atoms with E-state index in [1.165, 1.54) is 6.07 Å². The minimum atomic E-state index is -0.986. The number of fused-ring (bicyclic) bond motifs is 3. The number of pyridine rings is 1. The van der Waals surface area contributed by atoms with Gasteiger partial charge in [0.25, 0.3) is 0 Å². The minimum Gasteiger partial charge on any atom is -0.489 e. The molecule has 11 heteroatoms. The maximum absolute atomic E-state index is 14.1. The summed E-state index contributed by atoms with van der Waals surface area (Å²) < 4.78 is 43.2. The third-order valence-corrected chi connectivity index (χ3v) is 5.77. The fourth-order valence-electron chi connectivity index (χ4n) is 4.09. The molecule has 0 bridgehead atoms. The van der Waals surface area contributed by atoms with E-state index in [1.54, 1.807) is 18.3 Å². The molecule has 1 saturated heterocycles. The van der Waals surface area contributed by atoms with Crippen molar-refractivity contribution in [3.05, 3.63) is 52.5 Å². The van der Waals surface area contributed by atoms with Gasteiger partial charge in [-0.15, -0.1) is 0 Å². The quantitative estimate of drug-likeness (QED) is 0.266. The second-order valence-corrected chi connectivity index (χ2v) is 8.06. The average molecular weight is 485 g/mol. The molecule has 35 heavy (non-hydrogen) atoms. The molecule has 0 spiro atoms. The zero-order chi connectivity index (χ0) is 24.2. The molecule has 0 saturated carbocycles. The lowest BCUT2D eigenvalue weighted by Gasteiger charge is -2.26. The van der Waals surface area contributed by atoms with E-state index < -0.39 is 16.4 Å². The lowest BCUT2D eigenvalue weighted by atomic mass is 10.1. The van der Waals surface area contributed by atoms with Crippen LogP contribution in [0.5, 0.6) is 28.7 Å². The number of benzene rings is 2. The Morgan fingerprint density at radius 2 is 1.86 bits per heavy atom. The number of morpholine rings is 1. The first-order valence-corrected chi connectivity index (χ1v) is 11.4. The van der Waals surface area contributed by atoms with Crippen molar-refractivity contribution in [2.75, 3.05) is 52.7 Å². The van der Waals surface area contributed by atoms with E-state index in [4.69, 9.17) is 23.7 Å². The van der Waals surface area contributed by atoms with Crippen molar-refractivity contribution in [3.63, 3.8) is 0 Å². The van der Waals surface area contributed by atoms with Gasteiger partial charge < -0.3 is 23.7 Å². The van der Waals surface area contributed by atoms with Crippen LogP contribution in [0.25, 0.3) is 10.9 Å². The van der Waals surface area contributed by atoms with Gasteiger partial charge >= 0.3 is 5.69 Å². The van der Waals surface area contributed by atoms with Crippen LogP contribution in [-0.4, -0.2) is 67.5 Å². The molecule has 2 aliphatic rings. The topological polar surface area (TPSA) is 105 Å². The van der Waals surface area contributed by atoms with Crippen molar-refractivity contribution < 1.29 is 33.0 Å². The van der Waals surface area contributed by atoms with Crippen molar-refractivity contribution in [2.45, 2.75) is 6.42 Å². The SMILES string of the molecule is O=[N+]([O-])c1ccc(Oc2ccnc3cc(OCCCN4CCOCC4)c4c(c23)OCCO4)cc1F. The summed E-state index contributed by atoms with van der Waals surface area (Å²) in [7, 11) is 0. The number of nitro groups is 1. The van der Waals surface area contributed by atoms with Gasteiger partial charge in [-0.25, -0.2) is 0 Å². The second-order valence-electron chi connectivity index (χ2n) is 8.06. The molecular formula is C24H24FN3O7. The van der Waals surface area contributed by atoms with Crippen molar-refractivity contribution >= 4 is 16.6 Å². The van der Waals surface area contributed by atoms with Gasteiger partial charge in [-0.2, -0.15) is 4.39 Å². The summed E-state index contributed by atoms with van der Waals surface area (Å²) in [5, 5.41) is 11.4. The molecule has 1 fully saturated rings. The molecule has 0 atom stereocenters. The van der Waals surface area contributed by atoms with Crippen LogP contribution >= 0.6 is 0 Å². The molecule has 2 aromatic carbocycles. The van der Waals surface area contributed by atoms with Crippen LogP contribution in [0.1, 0.15) is 6.42 Å². The lowest BCUT2D eigenvalue weighted by Crippen LogP contribution is -2.37. The van der Waals surface area contributed by atoms with Crippen molar-refractivity contribution in [1.82, 2.24) is 9.88 Å². The third-order valence-electron chi connectivity index (χ3n) is 5.77. The highest BCUT2D eigenvalue weighted by molar-refractivity contribution is 5.95. The van der Waals surface area contributed by atoms with E-state index in [9.17, 15) is 14.5 Å². The normalized spacial score (nSPS) is 15.7. The van der Waals surface area contributed by atoms with Crippen molar-refractivity contribution in [3.8, 4) is 28.7 Å². The lowest BCUT2D eigenvalue weighted by molar-refractivity contribution is -0.387. The zero-order valence-corrected chi connectivity index (χ0v) is 18.9. The average Bonchev–Trinajstić information content (AvgIpc) is 2.87. The number of nitrogens with zero attached hydrogens (tertiary/aromatic N) is 3. The molecule has 3 heterocycles. The molecular weight excluding hydrogens is 461 g/mol. The Morgan fingerprint density at radius 3 is 2.63 bits per heavy atom. The van der Waals surface area contributed by atoms with Gasteiger partial charge in [0.2, 0.25) is 11.6 Å². The molecule has 0 aliphatic carbocycles. The second kappa shape index (κ2) is 10.3. The molecule has 2 aliphatic heterocycles. The Balaban J connectivity index is 1.39. The molecule has 0 radical (unpaired) electrons. The summed E-state index contributed by atoms with van der Waals surface area (Å²) in [6, 6.07) is 6.75. The molecule has 3 aromatic rings. The van der Waals surface area contributed by atoms with Gasteiger partial charge in [-0.05, 0) is 18.6 Å². The van der Waals surface area contributed by atoms with Crippen LogP contribution in [-0.2, 0) is 4.74 Å². The number of aromatic nitrogens is 1. The summed E-state index contributed by atoms with van der Waals surface area (Å²) in [5.74, 6) is 0.893. The Labute approximate surface area is 200 Å². The van der Waals surface area contributed by atoms with Gasteiger partial charge in [0.15, 0.2) is 11.5 Å². The smallest absolute Gasteiger partial charge is 0.305 e. The van der Waals surface area contributed by atoms with E-state index in [1.807, 2.05) is 0 Å². The highest BCUT2D eigenvalue weighted by atomic mass is 19.1. The predicted octanol–water partition coefficient (Wildman–Crippen LogP) is 3.95. The molecule has 1 aromatic heterocycles. The van der Waals surface area contributed by atoms with Gasteiger partial charge in [0, 0.05) is 44.0 Å². The molecule has 0 amide bonds. The molecule has 10 nitrogen and oxygen atoms in total. The van der Waals surface area contributed by atoms with Crippen LogP contribution in [0, 0.1) is 15.9 Å². The number of rotatable bonds is 8. The molecule has 5 rings (SSSR count). The van der Waals surface area contributed by atoms with Gasteiger partial charge in [-0.3, -0.25) is 20.0 Å². The predicted molar refractivity (Wildman–Crippen MR) is 123 cm³/mol. The van der Waals surface area contributed by atoms with Crippen LogP contribution in [0.4, 0.5) is 10.1 Å². The van der Waals surface area contributed by atoms with Crippen LogP contribution < -0.4 is 18.9 Å². The van der Waals surface area contributed by atoms with E-state index in [-0.39, 0.29) is 5.75 Å². The fraction of sp³-hybridized carbons (Fsp3) is 0.375. The Morgan fingerprint density at radius 1 is 1.06 bits per heavy atom. The Hall–Kier alpha value is -3.70. The largest absolute Gasteiger partial charge is 0.489 e. The molecule has 184 valence electrons. The molecule has 0 N–H and O–H groups in total. The first-order chi connectivity index (χ1) is 17.1. The number of halogens is 1. The highest BCUT2D eigenvalue weighted by Crippen LogP contribution is 2.48. The standard InChI is InChI=1S/C24H24FN3O7/c25-17-14-16(2-3-19(17)28(29)30)35-20-4-5-26-18-15-21(23-24(22(18)20)34-13-12-33-23)32-9-1-6-27-7-10-31-11-8-27/h2-5,14-15H,1,6-13H2. The van der Waals surface area contributed by atoms with Crippen LogP contribution in [0.2, 0.25) is 0 Å². The number of ether oxygens (including phenoxy) is 5. The molecule has 0 unspecified atom stereocenters. The van der Waals surface area contributed by atoms with E-state index in [0.717, 1.165) is 51.4 Å². The highest BCUT2D eigenvalue weighted by Gasteiger charge is 2.25. The van der Waals surface area contributed by atoms with Crippen LogP contribution in [0.3, 0.4) is 0 Å². The van der Waals surface area contributed by atoms with Gasteiger partial charge in [0.1, 0.15) is 24.7 Å². The minimum absolute atomic E-state index is 0.106. The zero-order valence-electron chi connectivity index (χ0n) is 18.9.